The van der Waals surface area contributed by atoms with E-state index >= 15 is 0 Å². The lowest BCUT2D eigenvalue weighted by molar-refractivity contribution is 0.102. The molecule has 1 aliphatic rings. The summed E-state index contributed by atoms with van der Waals surface area (Å²) in [5.74, 6) is -1.92. The van der Waals surface area contributed by atoms with Gasteiger partial charge in [0.15, 0.2) is 0 Å². The number of pyridine rings is 2. The molecule has 1 amide bonds. The van der Waals surface area contributed by atoms with E-state index in [4.69, 9.17) is 5.73 Å². The average Bonchev–Trinajstić information content (AvgIpc) is 2.80. The van der Waals surface area contributed by atoms with E-state index in [0.29, 0.717) is 24.5 Å². The Morgan fingerprint density at radius 2 is 1.97 bits per heavy atom. The van der Waals surface area contributed by atoms with Crippen molar-refractivity contribution >= 4 is 17.3 Å². The molecule has 3 heterocycles. The van der Waals surface area contributed by atoms with Gasteiger partial charge in [-0.3, -0.25) is 9.78 Å². The highest BCUT2D eigenvalue weighted by Gasteiger charge is 2.27. The molecule has 7 nitrogen and oxygen atoms in total. The highest BCUT2D eigenvalue weighted by Crippen LogP contribution is 2.30. The van der Waals surface area contributed by atoms with Crippen molar-refractivity contribution in [2.75, 3.05) is 29.9 Å². The topological polar surface area (TPSA) is 104 Å². The van der Waals surface area contributed by atoms with Gasteiger partial charge in [-0.05, 0) is 36.8 Å². The van der Waals surface area contributed by atoms with E-state index in [1.807, 2.05) is 4.90 Å². The highest BCUT2D eigenvalue weighted by molar-refractivity contribution is 6.04. The van der Waals surface area contributed by atoms with Gasteiger partial charge in [-0.1, -0.05) is 12.1 Å². The summed E-state index contributed by atoms with van der Waals surface area (Å²) in [6, 6.07) is 9.63. The molecule has 0 radical (unpaired) electrons. The van der Waals surface area contributed by atoms with Gasteiger partial charge >= 0.3 is 0 Å². The summed E-state index contributed by atoms with van der Waals surface area (Å²) in [4.78, 5) is 23.1. The number of benzene rings is 1. The molecule has 0 saturated carbocycles. The van der Waals surface area contributed by atoms with Crippen LogP contribution in [-0.4, -0.2) is 46.7 Å². The van der Waals surface area contributed by atoms with Crippen LogP contribution in [0.3, 0.4) is 0 Å². The van der Waals surface area contributed by atoms with Crippen molar-refractivity contribution in [1.82, 2.24) is 9.97 Å². The van der Waals surface area contributed by atoms with Gasteiger partial charge in [0.2, 0.25) is 0 Å². The molecule has 3 aromatic rings. The Morgan fingerprint density at radius 3 is 2.75 bits per heavy atom. The third-order valence-electron chi connectivity index (χ3n) is 5.42. The Kier molecular flexibility index (Phi) is 6.38. The summed E-state index contributed by atoms with van der Waals surface area (Å²) in [7, 11) is 0. The third kappa shape index (κ3) is 4.58. The molecule has 1 aliphatic heterocycles. The number of aliphatic hydroxyl groups is 1. The smallest absolute Gasteiger partial charge is 0.274 e. The Hall–Kier alpha value is -3.43. The quantitative estimate of drug-likeness (QED) is 0.565. The minimum absolute atomic E-state index is 0.0231. The van der Waals surface area contributed by atoms with E-state index in [-0.39, 0.29) is 35.5 Å². The van der Waals surface area contributed by atoms with Gasteiger partial charge in [0, 0.05) is 43.4 Å². The monoisotopic (exact) mass is 439 g/mol. The highest BCUT2D eigenvalue weighted by atomic mass is 19.1. The number of halogens is 2. The zero-order chi connectivity index (χ0) is 22.7. The number of anilines is 2. The first-order valence-corrected chi connectivity index (χ1v) is 10.2. The molecule has 9 heteroatoms. The minimum Gasteiger partial charge on any atom is -0.396 e. The molecule has 2 unspecified atom stereocenters. The Bertz CT molecular complexity index is 1130. The normalized spacial score (nSPS) is 18.4. The molecule has 0 aliphatic carbocycles. The fraction of sp³-hybridized carbons (Fsp3) is 0.261. The van der Waals surface area contributed by atoms with Gasteiger partial charge in [0.05, 0.1) is 17.6 Å². The van der Waals surface area contributed by atoms with Crippen LogP contribution in [0.25, 0.3) is 11.3 Å². The standard InChI is InChI=1S/C23H23F2N5O2/c24-17-4-2-1-3-16(17)22-18(25)5-6-19(28-22)23(32)29-20-10-27-8-7-21(20)30-11-14(13-31)9-15(26)12-30/h1-8,10,14-15,31H,9,11-13,26H2,(H,29,32). The fourth-order valence-electron chi connectivity index (χ4n) is 3.93. The van der Waals surface area contributed by atoms with Crippen LogP contribution in [0.1, 0.15) is 16.9 Å². The number of carbonyl (C=O) groups is 1. The van der Waals surface area contributed by atoms with Crippen LogP contribution in [0.5, 0.6) is 0 Å². The van der Waals surface area contributed by atoms with Crippen molar-refractivity contribution < 1.29 is 18.7 Å². The van der Waals surface area contributed by atoms with E-state index in [1.165, 1.54) is 30.5 Å². The van der Waals surface area contributed by atoms with Crippen molar-refractivity contribution in [3.8, 4) is 11.3 Å². The van der Waals surface area contributed by atoms with Gasteiger partial charge in [-0.15, -0.1) is 0 Å². The van der Waals surface area contributed by atoms with E-state index in [9.17, 15) is 18.7 Å². The van der Waals surface area contributed by atoms with E-state index < -0.39 is 17.5 Å². The van der Waals surface area contributed by atoms with E-state index in [1.54, 1.807) is 18.3 Å². The number of aliphatic hydroxyl groups excluding tert-OH is 1. The number of carbonyl (C=O) groups excluding carboxylic acids is 1. The summed E-state index contributed by atoms with van der Waals surface area (Å²) in [6.45, 7) is 1.17. The lowest BCUT2D eigenvalue weighted by atomic mass is 9.95. The first kappa shape index (κ1) is 21.8. The summed E-state index contributed by atoms with van der Waals surface area (Å²) in [6.07, 6.45) is 3.83. The molecule has 4 rings (SSSR count). The van der Waals surface area contributed by atoms with Crippen LogP contribution < -0.4 is 16.0 Å². The van der Waals surface area contributed by atoms with Crippen molar-refractivity contribution in [3.63, 3.8) is 0 Å². The summed E-state index contributed by atoms with van der Waals surface area (Å²) >= 11 is 0. The van der Waals surface area contributed by atoms with Crippen molar-refractivity contribution in [2.24, 2.45) is 11.7 Å². The Balaban J connectivity index is 1.61. The number of nitrogens with one attached hydrogen (secondary N) is 1. The lowest BCUT2D eigenvalue weighted by Crippen LogP contribution is -2.48. The summed E-state index contributed by atoms with van der Waals surface area (Å²) in [5.41, 5.74) is 6.94. The number of hydrogen-bond acceptors (Lipinski definition) is 6. The first-order chi connectivity index (χ1) is 15.5. The van der Waals surface area contributed by atoms with Crippen LogP contribution in [0.15, 0.2) is 54.9 Å². The van der Waals surface area contributed by atoms with Gasteiger partial charge in [-0.25, -0.2) is 13.8 Å². The molecular weight excluding hydrogens is 416 g/mol. The second kappa shape index (κ2) is 9.37. The number of aromatic nitrogens is 2. The zero-order valence-corrected chi connectivity index (χ0v) is 17.2. The molecule has 1 aromatic carbocycles. The molecular formula is C23H23F2N5O2. The maximum absolute atomic E-state index is 14.3. The molecule has 2 aromatic heterocycles. The first-order valence-electron chi connectivity index (χ1n) is 10.2. The SMILES string of the molecule is NC1CC(CO)CN(c2ccncc2NC(=O)c2ccc(F)c(-c3ccccc3F)n2)C1. The lowest BCUT2D eigenvalue weighted by Gasteiger charge is -2.37. The van der Waals surface area contributed by atoms with E-state index in [0.717, 1.165) is 12.5 Å². The molecule has 2 atom stereocenters. The second-order valence-electron chi connectivity index (χ2n) is 7.80. The van der Waals surface area contributed by atoms with Crippen LogP contribution in [-0.2, 0) is 0 Å². The maximum atomic E-state index is 14.3. The van der Waals surface area contributed by atoms with Crippen LogP contribution in [0, 0.1) is 17.6 Å². The maximum Gasteiger partial charge on any atom is 0.274 e. The molecule has 0 bridgehead atoms. The molecule has 32 heavy (non-hydrogen) atoms. The second-order valence-corrected chi connectivity index (χ2v) is 7.80. The van der Waals surface area contributed by atoms with Crippen molar-refractivity contribution in [1.29, 1.82) is 0 Å². The Labute approximate surface area is 183 Å². The largest absolute Gasteiger partial charge is 0.396 e. The van der Waals surface area contributed by atoms with Gasteiger partial charge in [-0.2, -0.15) is 0 Å². The van der Waals surface area contributed by atoms with Crippen LogP contribution in [0.4, 0.5) is 20.2 Å². The number of piperidine rings is 1. The number of nitrogens with zero attached hydrogens (tertiary/aromatic N) is 3. The molecule has 166 valence electrons. The number of nitrogens with two attached hydrogens (primary N) is 1. The van der Waals surface area contributed by atoms with E-state index in [2.05, 4.69) is 15.3 Å². The van der Waals surface area contributed by atoms with Gasteiger partial charge in [0.1, 0.15) is 23.0 Å². The van der Waals surface area contributed by atoms with Gasteiger partial charge in [0.25, 0.3) is 5.91 Å². The van der Waals surface area contributed by atoms with Crippen LogP contribution in [0.2, 0.25) is 0 Å². The predicted octanol–water partition coefficient (Wildman–Crippen LogP) is 2.82. The van der Waals surface area contributed by atoms with Gasteiger partial charge < -0.3 is 21.1 Å². The molecule has 0 spiro atoms. The van der Waals surface area contributed by atoms with Crippen LogP contribution >= 0.6 is 0 Å². The predicted molar refractivity (Wildman–Crippen MR) is 117 cm³/mol. The fourth-order valence-corrected chi connectivity index (χ4v) is 3.93. The summed E-state index contributed by atoms with van der Waals surface area (Å²) in [5, 5.41) is 12.3. The molecule has 1 fully saturated rings. The van der Waals surface area contributed by atoms with Crippen molar-refractivity contribution in [3.05, 3.63) is 72.2 Å². The van der Waals surface area contributed by atoms with Crippen molar-refractivity contribution in [2.45, 2.75) is 12.5 Å². The number of amides is 1. The number of rotatable bonds is 5. The number of hydrogen-bond donors (Lipinski definition) is 3. The zero-order valence-electron chi connectivity index (χ0n) is 17.2. The molecule has 4 N–H and O–H groups in total. The summed E-state index contributed by atoms with van der Waals surface area (Å²) < 4.78 is 28.5. The minimum atomic E-state index is -0.730. The average molecular weight is 439 g/mol. The Morgan fingerprint density at radius 1 is 1.16 bits per heavy atom. The third-order valence-corrected chi connectivity index (χ3v) is 5.42. The molecule has 1 saturated heterocycles.